The number of carbonyl (C=O) groups excluding carboxylic acids is 1. The molecule has 36 heavy (non-hydrogen) atoms. The maximum atomic E-state index is 13.2. The van der Waals surface area contributed by atoms with Crippen molar-refractivity contribution in [3.05, 3.63) is 112 Å². The van der Waals surface area contributed by atoms with Gasteiger partial charge in [0.25, 0.3) is 0 Å². The molecule has 5 heteroatoms. The molecule has 3 N–H and O–H groups in total. The Labute approximate surface area is 211 Å². The molecule has 3 unspecified atom stereocenters. The van der Waals surface area contributed by atoms with Crippen LogP contribution in [-0.4, -0.2) is 23.1 Å². The zero-order chi connectivity index (χ0) is 25.4. The molecule has 5 rings (SSSR count). The molecule has 0 saturated carbocycles. The second kappa shape index (κ2) is 9.40. The van der Waals surface area contributed by atoms with Gasteiger partial charge in [-0.3, -0.25) is 4.79 Å². The van der Waals surface area contributed by atoms with Crippen LogP contribution >= 0.6 is 0 Å². The summed E-state index contributed by atoms with van der Waals surface area (Å²) < 4.78 is 6.32. The van der Waals surface area contributed by atoms with E-state index in [1.807, 2.05) is 50.2 Å². The van der Waals surface area contributed by atoms with Crippen LogP contribution in [-0.2, 0) is 28.8 Å². The van der Waals surface area contributed by atoms with E-state index in [0.29, 0.717) is 6.42 Å². The van der Waals surface area contributed by atoms with Crippen LogP contribution in [0, 0.1) is 11.3 Å². The van der Waals surface area contributed by atoms with Gasteiger partial charge in [-0.2, -0.15) is 0 Å². The lowest BCUT2D eigenvalue weighted by atomic mass is 9.70. The van der Waals surface area contributed by atoms with Gasteiger partial charge < -0.3 is 15.6 Å². The number of carboxylic acid groups (broad SMARTS) is 1. The Balaban J connectivity index is 1.61. The maximum Gasteiger partial charge on any atom is 0.335 e. The fourth-order valence-electron chi connectivity index (χ4n) is 5.60. The maximum absolute atomic E-state index is 13.2. The Kier molecular flexibility index (Phi) is 6.27. The number of ether oxygens (including phenoxy) is 1. The van der Waals surface area contributed by atoms with Gasteiger partial charge in [0.15, 0.2) is 0 Å². The third kappa shape index (κ3) is 4.24. The van der Waals surface area contributed by atoms with E-state index in [1.165, 1.54) is 16.7 Å². The number of hydrogen-bond acceptors (Lipinski definition) is 4. The summed E-state index contributed by atoms with van der Waals surface area (Å²) in [5.41, 5.74) is 12.8. The van der Waals surface area contributed by atoms with Crippen molar-refractivity contribution in [3.8, 4) is 0 Å². The summed E-state index contributed by atoms with van der Waals surface area (Å²) >= 11 is 0. The fraction of sp³-hybridized carbons (Fsp3) is 0.290. The predicted molar refractivity (Wildman–Crippen MR) is 139 cm³/mol. The normalized spacial score (nSPS) is 21.0. The zero-order valence-electron chi connectivity index (χ0n) is 20.6. The first kappa shape index (κ1) is 24.0. The number of esters is 1. The Morgan fingerprint density at radius 3 is 2.33 bits per heavy atom. The molecule has 2 aliphatic rings. The highest BCUT2D eigenvalue weighted by atomic mass is 16.5. The van der Waals surface area contributed by atoms with E-state index in [1.54, 1.807) is 12.1 Å². The highest BCUT2D eigenvalue weighted by Gasteiger charge is 2.51. The van der Waals surface area contributed by atoms with E-state index < -0.39 is 29.5 Å². The van der Waals surface area contributed by atoms with Gasteiger partial charge in [-0.05, 0) is 65.1 Å². The standard InChI is InChI=1S/C31H31NO4/c1-19(2)27(32)30(35)36-28-26-10-6-5-9-24(26)18-31(28,17-20-11-13-21(14-12-20)29(33)34)25-15-22-7-3-4-8-23(22)16-25/h3-15,19,27-28H,16-18,32H2,1-2H3,(H,33,34). The first-order chi connectivity index (χ1) is 17.3. The van der Waals surface area contributed by atoms with E-state index in [4.69, 9.17) is 10.5 Å². The van der Waals surface area contributed by atoms with E-state index in [0.717, 1.165) is 29.5 Å². The van der Waals surface area contributed by atoms with Crippen molar-refractivity contribution in [2.45, 2.75) is 45.3 Å². The number of hydrogen-bond donors (Lipinski definition) is 2. The molecule has 0 bridgehead atoms. The largest absolute Gasteiger partial charge is 0.478 e. The van der Waals surface area contributed by atoms with E-state index in [2.05, 4.69) is 30.3 Å². The molecule has 3 aromatic rings. The molecule has 0 aromatic heterocycles. The molecule has 3 atom stereocenters. The molecule has 2 aliphatic carbocycles. The number of nitrogens with two attached hydrogens (primary N) is 1. The molecule has 0 spiro atoms. The van der Waals surface area contributed by atoms with Crippen molar-refractivity contribution in [2.75, 3.05) is 0 Å². The second-order valence-electron chi connectivity index (χ2n) is 10.3. The molecule has 0 heterocycles. The van der Waals surface area contributed by atoms with Gasteiger partial charge in [-0.15, -0.1) is 0 Å². The van der Waals surface area contributed by atoms with Crippen molar-refractivity contribution in [1.29, 1.82) is 0 Å². The van der Waals surface area contributed by atoms with Crippen molar-refractivity contribution in [2.24, 2.45) is 17.1 Å². The monoisotopic (exact) mass is 481 g/mol. The van der Waals surface area contributed by atoms with Gasteiger partial charge in [0.1, 0.15) is 12.1 Å². The Hall–Kier alpha value is -3.70. The van der Waals surface area contributed by atoms with Crippen LogP contribution in [0.4, 0.5) is 0 Å². The third-order valence-corrected chi connectivity index (χ3v) is 7.70. The van der Waals surface area contributed by atoms with Gasteiger partial charge in [-0.1, -0.05) is 86.2 Å². The van der Waals surface area contributed by atoms with E-state index in [9.17, 15) is 14.7 Å². The lowest BCUT2D eigenvalue weighted by molar-refractivity contribution is -0.157. The summed E-state index contributed by atoms with van der Waals surface area (Å²) in [6.07, 6.45) is 3.86. The van der Waals surface area contributed by atoms with Crippen molar-refractivity contribution in [1.82, 2.24) is 0 Å². The number of carboxylic acids is 1. The van der Waals surface area contributed by atoms with Gasteiger partial charge in [0.05, 0.1) is 5.56 Å². The predicted octanol–water partition coefficient (Wildman–Crippen LogP) is 5.38. The highest BCUT2D eigenvalue weighted by Crippen LogP contribution is 2.56. The van der Waals surface area contributed by atoms with Gasteiger partial charge in [-0.25, -0.2) is 4.79 Å². The Morgan fingerprint density at radius 1 is 1.00 bits per heavy atom. The van der Waals surface area contributed by atoms with Crippen molar-refractivity contribution < 1.29 is 19.4 Å². The molecule has 184 valence electrons. The van der Waals surface area contributed by atoms with Crippen LogP contribution in [0.5, 0.6) is 0 Å². The summed E-state index contributed by atoms with van der Waals surface area (Å²) in [6.45, 7) is 3.84. The summed E-state index contributed by atoms with van der Waals surface area (Å²) in [6, 6.07) is 22.8. The Morgan fingerprint density at radius 2 is 1.67 bits per heavy atom. The number of carbonyl (C=O) groups is 2. The van der Waals surface area contributed by atoms with Gasteiger partial charge >= 0.3 is 11.9 Å². The topological polar surface area (TPSA) is 89.6 Å². The minimum absolute atomic E-state index is 0.0398. The van der Waals surface area contributed by atoms with E-state index in [-0.39, 0.29) is 11.5 Å². The van der Waals surface area contributed by atoms with Crippen LogP contribution in [0.3, 0.4) is 0 Å². The molecular formula is C31H31NO4. The molecule has 0 amide bonds. The molecule has 0 radical (unpaired) electrons. The number of aromatic carboxylic acids is 1. The molecule has 0 aliphatic heterocycles. The number of rotatable bonds is 7. The molecule has 3 aromatic carbocycles. The van der Waals surface area contributed by atoms with Crippen LogP contribution in [0.1, 0.15) is 58.1 Å². The van der Waals surface area contributed by atoms with Crippen LogP contribution < -0.4 is 5.73 Å². The van der Waals surface area contributed by atoms with Crippen molar-refractivity contribution in [3.63, 3.8) is 0 Å². The highest BCUT2D eigenvalue weighted by molar-refractivity contribution is 5.87. The lowest BCUT2D eigenvalue weighted by Crippen LogP contribution is -2.41. The molecular weight excluding hydrogens is 450 g/mol. The average molecular weight is 482 g/mol. The van der Waals surface area contributed by atoms with Crippen LogP contribution in [0.2, 0.25) is 0 Å². The summed E-state index contributed by atoms with van der Waals surface area (Å²) in [4.78, 5) is 24.6. The lowest BCUT2D eigenvalue weighted by Gasteiger charge is -2.38. The zero-order valence-corrected chi connectivity index (χ0v) is 20.6. The molecule has 0 fully saturated rings. The molecule has 5 nitrogen and oxygen atoms in total. The number of benzene rings is 3. The van der Waals surface area contributed by atoms with Crippen LogP contribution in [0.25, 0.3) is 6.08 Å². The van der Waals surface area contributed by atoms with Gasteiger partial charge in [0, 0.05) is 5.41 Å². The average Bonchev–Trinajstić information content (AvgIpc) is 3.44. The van der Waals surface area contributed by atoms with Crippen LogP contribution in [0.15, 0.2) is 78.4 Å². The van der Waals surface area contributed by atoms with E-state index >= 15 is 0 Å². The summed E-state index contributed by atoms with van der Waals surface area (Å²) in [5.74, 6) is -1.39. The Bertz CT molecular complexity index is 1340. The quantitative estimate of drug-likeness (QED) is 0.443. The van der Waals surface area contributed by atoms with Crippen molar-refractivity contribution >= 4 is 18.0 Å². The van der Waals surface area contributed by atoms with Gasteiger partial charge in [0.2, 0.25) is 0 Å². The smallest absolute Gasteiger partial charge is 0.335 e. The second-order valence-corrected chi connectivity index (χ2v) is 10.3. The SMILES string of the molecule is CC(C)C(N)C(=O)OC1c2ccccc2CC1(Cc1ccc(C(=O)O)cc1)C1=Cc2ccccc2C1. The first-order valence-electron chi connectivity index (χ1n) is 12.4. The fourth-order valence-corrected chi connectivity index (χ4v) is 5.60. The summed E-state index contributed by atoms with van der Waals surface area (Å²) in [7, 11) is 0. The molecule has 0 saturated heterocycles. The minimum Gasteiger partial charge on any atom is -0.478 e. The summed E-state index contributed by atoms with van der Waals surface area (Å²) in [5, 5.41) is 9.36. The third-order valence-electron chi connectivity index (χ3n) is 7.70. The first-order valence-corrected chi connectivity index (χ1v) is 12.4. The number of fused-ring (bicyclic) bond motifs is 2. The minimum atomic E-state index is -0.951.